The summed E-state index contributed by atoms with van der Waals surface area (Å²) in [7, 11) is 0. The molecule has 2 aromatic heterocycles. The molecule has 0 spiro atoms. The number of hydrogen-bond acceptors (Lipinski definition) is 6. The van der Waals surface area contributed by atoms with Gasteiger partial charge in [-0.05, 0) is 30.0 Å². The number of thiazole rings is 1. The number of aromatic nitrogens is 1. The number of likely N-dealkylation sites (tertiary alicyclic amines) is 1. The molecule has 3 aromatic rings. The van der Waals surface area contributed by atoms with E-state index in [1.165, 1.54) is 17.4 Å². The number of hydrogen-bond donors (Lipinski definition) is 0. The molecule has 4 heterocycles. The van der Waals surface area contributed by atoms with E-state index in [-0.39, 0.29) is 17.9 Å². The molecule has 0 saturated carbocycles. The predicted molar refractivity (Wildman–Crippen MR) is 121 cm³/mol. The number of piperazine rings is 1. The number of rotatable bonds is 3. The van der Waals surface area contributed by atoms with Crippen LogP contribution in [-0.2, 0) is 6.18 Å². The van der Waals surface area contributed by atoms with Crippen LogP contribution in [0.15, 0.2) is 29.8 Å². The number of carbonyl (C=O) groups is 2. The number of amides is 2. The highest BCUT2D eigenvalue weighted by atomic mass is 32.1. The number of nitrogens with zero attached hydrogens (tertiary/aromatic N) is 4. The average molecular weight is 495 g/mol. The molecule has 5 rings (SSSR count). The standard InChI is InChI=1S/C22H21F3N4O2S2/c1-13-16-3-2-14(22(23,24)25)10-17(16)33-18(13)20(30)29-11-15(12-29)27-5-7-28(8-6-27)21(31)19-26-4-9-32-19/h2-4,9-10,15H,5-8,11-12H2,1H3. The highest BCUT2D eigenvalue weighted by molar-refractivity contribution is 7.21. The molecule has 0 radical (unpaired) electrons. The SMILES string of the molecule is Cc1c(C(=O)N2CC(N3CCN(C(=O)c4nccs4)CC3)C2)sc2cc(C(F)(F)F)ccc12. The highest BCUT2D eigenvalue weighted by Gasteiger charge is 2.38. The van der Waals surface area contributed by atoms with Crippen LogP contribution in [0.2, 0.25) is 0 Å². The number of aryl methyl sites for hydroxylation is 1. The van der Waals surface area contributed by atoms with E-state index in [4.69, 9.17) is 0 Å². The van der Waals surface area contributed by atoms with Crippen molar-refractivity contribution >= 4 is 44.6 Å². The third kappa shape index (κ3) is 4.13. The van der Waals surface area contributed by atoms with Gasteiger partial charge >= 0.3 is 6.18 Å². The monoisotopic (exact) mass is 494 g/mol. The van der Waals surface area contributed by atoms with Crippen LogP contribution >= 0.6 is 22.7 Å². The van der Waals surface area contributed by atoms with Crippen molar-refractivity contribution in [1.82, 2.24) is 19.7 Å². The topological polar surface area (TPSA) is 56.8 Å². The first-order chi connectivity index (χ1) is 15.7. The lowest BCUT2D eigenvalue weighted by Gasteiger charge is -2.48. The van der Waals surface area contributed by atoms with Crippen LogP contribution in [-0.4, -0.2) is 76.8 Å². The first-order valence-electron chi connectivity index (χ1n) is 10.5. The molecule has 0 bridgehead atoms. The predicted octanol–water partition coefficient (Wildman–Crippen LogP) is 3.97. The number of fused-ring (bicyclic) bond motifs is 1. The Morgan fingerprint density at radius 3 is 2.42 bits per heavy atom. The van der Waals surface area contributed by atoms with Crippen LogP contribution in [0, 0.1) is 6.92 Å². The minimum absolute atomic E-state index is 0.0380. The van der Waals surface area contributed by atoms with Crippen LogP contribution in [0.25, 0.3) is 10.1 Å². The molecular weight excluding hydrogens is 473 g/mol. The molecule has 0 unspecified atom stereocenters. The van der Waals surface area contributed by atoms with E-state index in [0.29, 0.717) is 46.1 Å². The Morgan fingerprint density at radius 2 is 1.79 bits per heavy atom. The van der Waals surface area contributed by atoms with Gasteiger partial charge in [-0.1, -0.05) is 6.07 Å². The summed E-state index contributed by atoms with van der Waals surface area (Å²) in [5.74, 6) is -0.167. The summed E-state index contributed by atoms with van der Waals surface area (Å²) in [6.45, 7) is 5.69. The number of alkyl halides is 3. The van der Waals surface area contributed by atoms with Crippen LogP contribution in [0.3, 0.4) is 0 Å². The van der Waals surface area contributed by atoms with Crippen molar-refractivity contribution in [2.45, 2.75) is 19.1 Å². The lowest BCUT2D eigenvalue weighted by Crippen LogP contribution is -2.64. The van der Waals surface area contributed by atoms with Crippen molar-refractivity contribution in [3.05, 3.63) is 50.8 Å². The minimum atomic E-state index is -4.41. The number of benzene rings is 1. The third-order valence-electron chi connectivity index (χ3n) is 6.34. The van der Waals surface area contributed by atoms with Crippen LogP contribution in [0.4, 0.5) is 13.2 Å². The second-order valence-electron chi connectivity index (χ2n) is 8.29. The maximum Gasteiger partial charge on any atom is 0.416 e. The van der Waals surface area contributed by atoms with Gasteiger partial charge in [0.05, 0.1) is 10.4 Å². The van der Waals surface area contributed by atoms with Crippen LogP contribution in [0.1, 0.15) is 30.6 Å². The normalized spacial score (nSPS) is 18.1. The third-order valence-corrected chi connectivity index (χ3v) is 8.35. The van der Waals surface area contributed by atoms with Gasteiger partial charge in [0, 0.05) is 61.6 Å². The first kappa shape index (κ1) is 22.3. The Morgan fingerprint density at radius 1 is 1.06 bits per heavy atom. The smallest absolute Gasteiger partial charge is 0.335 e. The zero-order chi connectivity index (χ0) is 23.3. The largest absolute Gasteiger partial charge is 0.416 e. The quantitative estimate of drug-likeness (QED) is 0.553. The number of thiophene rings is 1. The molecular formula is C22H21F3N4O2S2. The summed E-state index contributed by atoms with van der Waals surface area (Å²) in [6.07, 6.45) is -2.78. The summed E-state index contributed by atoms with van der Waals surface area (Å²) in [5, 5.41) is 2.98. The summed E-state index contributed by atoms with van der Waals surface area (Å²) in [4.78, 5) is 35.9. The fourth-order valence-electron chi connectivity index (χ4n) is 4.36. The Hall–Kier alpha value is -2.50. The van der Waals surface area contributed by atoms with E-state index in [2.05, 4.69) is 9.88 Å². The van der Waals surface area contributed by atoms with E-state index in [9.17, 15) is 22.8 Å². The fourth-order valence-corrected chi connectivity index (χ4v) is 6.17. The van der Waals surface area contributed by atoms with E-state index < -0.39 is 11.7 Å². The fraction of sp³-hybridized carbons (Fsp3) is 0.409. The van der Waals surface area contributed by atoms with E-state index in [0.717, 1.165) is 42.1 Å². The highest BCUT2D eigenvalue weighted by Crippen LogP contribution is 2.37. The van der Waals surface area contributed by atoms with Crippen molar-refractivity contribution in [2.75, 3.05) is 39.3 Å². The molecule has 6 nitrogen and oxygen atoms in total. The summed E-state index contributed by atoms with van der Waals surface area (Å²) in [5.41, 5.74) is 0.0261. The molecule has 2 aliphatic rings. The van der Waals surface area contributed by atoms with Gasteiger partial charge in [0.15, 0.2) is 5.01 Å². The number of carbonyl (C=O) groups excluding carboxylic acids is 2. The maximum absolute atomic E-state index is 13.0. The molecule has 0 aliphatic carbocycles. The Balaban J connectivity index is 1.19. The van der Waals surface area contributed by atoms with Crippen molar-refractivity contribution in [2.24, 2.45) is 0 Å². The summed E-state index contributed by atoms with van der Waals surface area (Å²) >= 11 is 2.46. The number of halogens is 3. The molecule has 0 atom stereocenters. The summed E-state index contributed by atoms with van der Waals surface area (Å²) in [6, 6.07) is 3.87. The van der Waals surface area contributed by atoms with Crippen molar-refractivity contribution in [1.29, 1.82) is 0 Å². The van der Waals surface area contributed by atoms with Gasteiger partial charge in [-0.2, -0.15) is 13.2 Å². The molecule has 2 amide bonds. The molecule has 11 heteroatoms. The molecule has 1 aromatic carbocycles. The van der Waals surface area contributed by atoms with Crippen LogP contribution in [0.5, 0.6) is 0 Å². The second kappa shape index (κ2) is 8.37. The Bertz CT molecular complexity index is 1190. The van der Waals surface area contributed by atoms with Crippen molar-refractivity contribution < 1.29 is 22.8 Å². The Kier molecular flexibility index (Phi) is 5.66. The summed E-state index contributed by atoms with van der Waals surface area (Å²) < 4.78 is 39.6. The van der Waals surface area contributed by atoms with Crippen molar-refractivity contribution in [3.63, 3.8) is 0 Å². The molecule has 2 aliphatic heterocycles. The molecule has 0 N–H and O–H groups in total. The van der Waals surface area contributed by atoms with E-state index in [1.54, 1.807) is 23.4 Å². The van der Waals surface area contributed by atoms with Gasteiger partial charge in [0.1, 0.15) is 0 Å². The molecule has 174 valence electrons. The molecule has 33 heavy (non-hydrogen) atoms. The van der Waals surface area contributed by atoms with E-state index >= 15 is 0 Å². The van der Waals surface area contributed by atoms with Crippen LogP contribution < -0.4 is 0 Å². The Labute approximate surface area is 196 Å². The maximum atomic E-state index is 13.0. The lowest BCUT2D eigenvalue weighted by atomic mass is 10.0. The minimum Gasteiger partial charge on any atom is -0.335 e. The van der Waals surface area contributed by atoms with Gasteiger partial charge in [-0.25, -0.2) is 4.98 Å². The zero-order valence-electron chi connectivity index (χ0n) is 17.8. The van der Waals surface area contributed by atoms with Gasteiger partial charge in [0.2, 0.25) is 0 Å². The second-order valence-corrected chi connectivity index (χ2v) is 10.2. The van der Waals surface area contributed by atoms with Gasteiger partial charge < -0.3 is 9.80 Å². The lowest BCUT2D eigenvalue weighted by molar-refractivity contribution is -0.137. The molecule has 2 fully saturated rings. The molecule has 2 saturated heterocycles. The van der Waals surface area contributed by atoms with Gasteiger partial charge in [-0.3, -0.25) is 14.5 Å². The first-order valence-corrected chi connectivity index (χ1v) is 12.2. The van der Waals surface area contributed by atoms with E-state index in [1.807, 2.05) is 4.90 Å². The van der Waals surface area contributed by atoms with Gasteiger partial charge in [0.25, 0.3) is 11.8 Å². The van der Waals surface area contributed by atoms with Crippen molar-refractivity contribution in [3.8, 4) is 0 Å². The average Bonchev–Trinajstić information content (AvgIpc) is 3.40. The zero-order valence-corrected chi connectivity index (χ0v) is 19.4. The van der Waals surface area contributed by atoms with Gasteiger partial charge in [-0.15, -0.1) is 22.7 Å².